The van der Waals surface area contributed by atoms with Crippen molar-refractivity contribution in [1.82, 2.24) is 9.21 Å². The van der Waals surface area contributed by atoms with Crippen LogP contribution in [0.25, 0.3) is 0 Å². The highest BCUT2D eigenvalue weighted by Gasteiger charge is 2.30. The van der Waals surface area contributed by atoms with Crippen LogP contribution in [0.2, 0.25) is 0 Å². The fraction of sp³-hybridized carbons (Fsp3) is 0.381. The number of hydrogen-bond donors (Lipinski definition) is 0. The molecule has 1 amide bonds. The van der Waals surface area contributed by atoms with Crippen molar-refractivity contribution >= 4 is 33.4 Å². The standard InChI is InChI=1S/C21H25N3O5S2/c1-16-6-7-19(14-17(16)2)30-13-8-21(25)22-9-11-23(12-10-22)31(28,29)20-5-3-4-18(15-20)24(26)27/h3-7,14-15H,8-13H2,1-2H3. The second-order valence-electron chi connectivity index (χ2n) is 7.38. The van der Waals surface area contributed by atoms with Gasteiger partial charge in [0.2, 0.25) is 15.9 Å². The highest BCUT2D eigenvalue weighted by molar-refractivity contribution is 7.99. The van der Waals surface area contributed by atoms with Gasteiger partial charge in [-0.25, -0.2) is 8.42 Å². The van der Waals surface area contributed by atoms with E-state index < -0.39 is 14.9 Å². The van der Waals surface area contributed by atoms with Crippen LogP contribution in [0.15, 0.2) is 52.3 Å². The molecule has 1 fully saturated rings. The Balaban J connectivity index is 1.52. The predicted octanol–water partition coefficient (Wildman–Crippen LogP) is 3.23. The van der Waals surface area contributed by atoms with Crippen molar-refractivity contribution < 1.29 is 18.1 Å². The van der Waals surface area contributed by atoms with Crippen LogP contribution in [0.4, 0.5) is 5.69 Å². The van der Waals surface area contributed by atoms with Gasteiger partial charge >= 0.3 is 0 Å². The van der Waals surface area contributed by atoms with Crippen molar-refractivity contribution in [1.29, 1.82) is 0 Å². The number of nitro groups is 1. The molecule has 8 nitrogen and oxygen atoms in total. The number of hydrogen-bond acceptors (Lipinski definition) is 6. The van der Waals surface area contributed by atoms with E-state index in [-0.39, 0.29) is 29.6 Å². The van der Waals surface area contributed by atoms with Gasteiger partial charge in [0.05, 0.1) is 9.82 Å². The Kier molecular flexibility index (Phi) is 7.34. The summed E-state index contributed by atoms with van der Waals surface area (Å²) in [7, 11) is -3.84. The van der Waals surface area contributed by atoms with Gasteiger partial charge in [0.1, 0.15) is 0 Å². The molecule has 0 N–H and O–H groups in total. The lowest BCUT2D eigenvalue weighted by molar-refractivity contribution is -0.385. The molecule has 0 unspecified atom stereocenters. The Bertz CT molecular complexity index is 1080. The number of thioether (sulfide) groups is 1. The topological polar surface area (TPSA) is 101 Å². The maximum atomic E-state index is 12.8. The number of carbonyl (C=O) groups excluding carboxylic acids is 1. The summed E-state index contributed by atoms with van der Waals surface area (Å²) in [6.45, 7) is 5.07. The molecular weight excluding hydrogens is 438 g/mol. The second-order valence-corrected chi connectivity index (χ2v) is 10.5. The van der Waals surface area contributed by atoms with Crippen LogP contribution in [0.1, 0.15) is 17.5 Å². The molecule has 166 valence electrons. The predicted molar refractivity (Wildman–Crippen MR) is 120 cm³/mol. The molecule has 0 bridgehead atoms. The molecule has 2 aromatic carbocycles. The third-order valence-electron chi connectivity index (χ3n) is 5.32. The number of carbonyl (C=O) groups is 1. The van der Waals surface area contributed by atoms with Crippen molar-refractivity contribution in [3.63, 3.8) is 0 Å². The lowest BCUT2D eigenvalue weighted by atomic mass is 10.1. The molecule has 1 heterocycles. The molecule has 0 atom stereocenters. The molecule has 0 spiro atoms. The highest BCUT2D eigenvalue weighted by atomic mass is 32.2. The number of piperazine rings is 1. The summed E-state index contributed by atoms with van der Waals surface area (Å²) >= 11 is 1.63. The normalized spacial score (nSPS) is 15.1. The third kappa shape index (κ3) is 5.63. The van der Waals surface area contributed by atoms with E-state index in [2.05, 4.69) is 32.0 Å². The molecular formula is C21H25N3O5S2. The summed E-state index contributed by atoms with van der Waals surface area (Å²) in [6, 6.07) is 11.3. The first-order valence-corrected chi connectivity index (χ1v) is 12.3. The number of amides is 1. The zero-order valence-electron chi connectivity index (χ0n) is 17.5. The second kappa shape index (κ2) is 9.80. The van der Waals surface area contributed by atoms with Gasteiger partial charge in [-0.2, -0.15) is 4.31 Å². The first-order valence-electron chi connectivity index (χ1n) is 9.91. The maximum Gasteiger partial charge on any atom is 0.270 e. The molecule has 0 aliphatic carbocycles. The Labute approximate surface area is 186 Å². The Morgan fingerprint density at radius 2 is 1.77 bits per heavy atom. The first-order chi connectivity index (χ1) is 14.7. The summed E-state index contributed by atoms with van der Waals surface area (Å²) in [5.74, 6) is 0.664. The summed E-state index contributed by atoms with van der Waals surface area (Å²) in [6.07, 6.45) is 0.384. The summed E-state index contributed by atoms with van der Waals surface area (Å²) in [5.41, 5.74) is 2.19. The molecule has 1 aliphatic heterocycles. The number of benzene rings is 2. The fourth-order valence-corrected chi connectivity index (χ4v) is 5.70. The first kappa shape index (κ1) is 23.2. The van der Waals surface area contributed by atoms with E-state index >= 15 is 0 Å². The molecule has 3 rings (SSSR count). The van der Waals surface area contributed by atoms with Gasteiger partial charge in [-0.1, -0.05) is 12.1 Å². The van der Waals surface area contributed by atoms with E-state index in [1.54, 1.807) is 16.7 Å². The number of aryl methyl sites for hydroxylation is 2. The van der Waals surface area contributed by atoms with Gasteiger partial charge in [-0.05, 0) is 43.2 Å². The quantitative estimate of drug-likeness (QED) is 0.355. The fourth-order valence-electron chi connectivity index (χ4n) is 3.30. The van der Waals surface area contributed by atoms with Gasteiger partial charge in [0.25, 0.3) is 5.69 Å². The van der Waals surface area contributed by atoms with Crippen molar-refractivity contribution in [2.75, 3.05) is 31.9 Å². The van der Waals surface area contributed by atoms with Gasteiger partial charge in [-0.15, -0.1) is 11.8 Å². The van der Waals surface area contributed by atoms with Crippen molar-refractivity contribution in [2.45, 2.75) is 30.1 Å². The number of nitro benzene ring substituents is 1. The Morgan fingerprint density at radius 1 is 1.06 bits per heavy atom. The van der Waals surface area contributed by atoms with E-state index in [4.69, 9.17) is 0 Å². The van der Waals surface area contributed by atoms with E-state index in [1.807, 2.05) is 0 Å². The minimum Gasteiger partial charge on any atom is -0.340 e. The average molecular weight is 464 g/mol. The number of rotatable bonds is 7. The van der Waals surface area contributed by atoms with E-state index in [0.717, 1.165) is 11.0 Å². The number of non-ortho nitro benzene ring substituents is 1. The Hall–Kier alpha value is -2.43. The zero-order chi connectivity index (χ0) is 22.6. The van der Waals surface area contributed by atoms with Gasteiger partial charge in [0, 0.05) is 55.4 Å². The van der Waals surface area contributed by atoms with E-state index in [1.165, 1.54) is 33.6 Å². The summed E-state index contributed by atoms with van der Waals surface area (Å²) < 4.78 is 26.9. The van der Waals surface area contributed by atoms with Gasteiger partial charge in [-0.3, -0.25) is 14.9 Å². The largest absolute Gasteiger partial charge is 0.340 e. The molecule has 0 saturated carbocycles. The highest BCUT2D eigenvalue weighted by Crippen LogP contribution is 2.24. The summed E-state index contributed by atoms with van der Waals surface area (Å²) in [4.78, 5) is 25.5. The van der Waals surface area contributed by atoms with Crippen LogP contribution < -0.4 is 0 Å². The molecule has 0 radical (unpaired) electrons. The third-order valence-corrected chi connectivity index (χ3v) is 8.21. The van der Waals surface area contributed by atoms with E-state index in [0.29, 0.717) is 25.3 Å². The van der Waals surface area contributed by atoms with Crippen molar-refractivity contribution in [2.24, 2.45) is 0 Å². The monoisotopic (exact) mass is 463 g/mol. The lowest BCUT2D eigenvalue weighted by Crippen LogP contribution is -2.50. The van der Waals surface area contributed by atoms with Crippen LogP contribution in [-0.4, -0.2) is 60.4 Å². The zero-order valence-corrected chi connectivity index (χ0v) is 19.1. The molecule has 0 aromatic heterocycles. The molecule has 1 aliphatic rings. The summed E-state index contributed by atoms with van der Waals surface area (Å²) in [5, 5.41) is 10.9. The SMILES string of the molecule is Cc1ccc(SCCC(=O)N2CCN(S(=O)(=O)c3cccc([N+](=O)[O-])c3)CC2)cc1C. The molecule has 2 aromatic rings. The maximum absolute atomic E-state index is 12.8. The van der Waals surface area contributed by atoms with Crippen LogP contribution >= 0.6 is 11.8 Å². The van der Waals surface area contributed by atoms with Crippen molar-refractivity contribution in [3.05, 3.63) is 63.7 Å². The molecule has 1 saturated heterocycles. The lowest BCUT2D eigenvalue weighted by Gasteiger charge is -2.34. The number of nitrogens with zero attached hydrogens (tertiary/aromatic N) is 3. The van der Waals surface area contributed by atoms with Gasteiger partial charge < -0.3 is 4.90 Å². The van der Waals surface area contributed by atoms with E-state index in [9.17, 15) is 23.3 Å². The van der Waals surface area contributed by atoms with Crippen LogP contribution in [0.5, 0.6) is 0 Å². The Morgan fingerprint density at radius 3 is 2.42 bits per heavy atom. The molecule has 10 heteroatoms. The molecule has 31 heavy (non-hydrogen) atoms. The van der Waals surface area contributed by atoms with Crippen LogP contribution in [0, 0.1) is 24.0 Å². The van der Waals surface area contributed by atoms with Crippen molar-refractivity contribution in [3.8, 4) is 0 Å². The smallest absolute Gasteiger partial charge is 0.270 e. The van der Waals surface area contributed by atoms with Crippen LogP contribution in [0.3, 0.4) is 0 Å². The average Bonchev–Trinajstić information content (AvgIpc) is 2.76. The van der Waals surface area contributed by atoms with Gasteiger partial charge in [0.15, 0.2) is 0 Å². The van der Waals surface area contributed by atoms with Crippen LogP contribution in [-0.2, 0) is 14.8 Å². The minimum atomic E-state index is -3.84. The minimum absolute atomic E-state index is 0.00345. The number of sulfonamides is 1.